The van der Waals surface area contributed by atoms with Gasteiger partial charge in [-0.15, -0.1) is 5.10 Å². The van der Waals surface area contributed by atoms with Gasteiger partial charge in [-0.3, -0.25) is 4.79 Å². The van der Waals surface area contributed by atoms with Crippen LogP contribution in [0.2, 0.25) is 0 Å². The molecule has 0 unspecified atom stereocenters. The van der Waals surface area contributed by atoms with Crippen LogP contribution in [0.15, 0.2) is 74.3 Å². The van der Waals surface area contributed by atoms with Gasteiger partial charge in [-0.1, -0.05) is 63.7 Å². The van der Waals surface area contributed by atoms with Crippen molar-refractivity contribution in [2.45, 2.75) is 6.92 Å². The Labute approximate surface area is 178 Å². The molecule has 5 rings (SSSR count). The van der Waals surface area contributed by atoms with E-state index in [0.29, 0.717) is 21.1 Å². The van der Waals surface area contributed by atoms with E-state index in [0.717, 1.165) is 26.9 Å². The van der Waals surface area contributed by atoms with Gasteiger partial charge in [0, 0.05) is 21.7 Å². The number of halogens is 1. The third-order valence-corrected chi connectivity index (χ3v) is 6.08. The van der Waals surface area contributed by atoms with Crippen molar-refractivity contribution in [1.82, 2.24) is 14.6 Å². The van der Waals surface area contributed by atoms with E-state index in [1.165, 1.54) is 15.9 Å². The van der Waals surface area contributed by atoms with Crippen molar-refractivity contribution in [2.24, 2.45) is 0 Å². The second-order valence-corrected chi connectivity index (χ2v) is 8.49. The van der Waals surface area contributed by atoms with E-state index in [9.17, 15) is 4.79 Å². The molecule has 0 atom stereocenters. The molecule has 0 aliphatic carbocycles. The highest BCUT2D eigenvalue weighted by molar-refractivity contribution is 9.10. The fraction of sp³-hybridized carbons (Fsp3) is 0.0455. The smallest absolute Gasteiger partial charge is 0.291 e. The molecule has 5 nitrogen and oxygen atoms in total. The zero-order valence-corrected chi connectivity index (χ0v) is 17.7. The summed E-state index contributed by atoms with van der Waals surface area (Å²) < 4.78 is 8.80. The predicted octanol–water partition coefficient (Wildman–Crippen LogP) is 4.70. The SMILES string of the molecule is Cc1ccccc1-c1nc2sc(=Cc3ccc(-c4ccc(Br)cc4)o3)c(=O)n2n1. The van der Waals surface area contributed by atoms with Crippen LogP contribution in [0.5, 0.6) is 0 Å². The van der Waals surface area contributed by atoms with Crippen LogP contribution in [-0.2, 0) is 0 Å². The van der Waals surface area contributed by atoms with Crippen molar-refractivity contribution in [1.29, 1.82) is 0 Å². The Bertz CT molecular complexity index is 1450. The molecule has 0 radical (unpaired) electrons. The van der Waals surface area contributed by atoms with Crippen molar-refractivity contribution in [3.63, 3.8) is 0 Å². The van der Waals surface area contributed by atoms with Crippen molar-refractivity contribution in [2.75, 3.05) is 0 Å². The first-order chi connectivity index (χ1) is 14.1. The summed E-state index contributed by atoms with van der Waals surface area (Å²) in [6.45, 7) is 2.00. The normalized spacial score (nSPS) is 12.1. The number of hydrogen-bond acceptors (Lipinski definition) is 5. The van der Waals surface area contributed by atoms with Crippen LogP contribution >= 0.6 is 27.3 Å². The van der Waals surface area contributed by atoms with Crippen molar-refractivity contribution >= 4 is 38.3 Å². The molecule has 0 saturated carbocycles. The lowest BCUT2D eigenvalue weighted by Gasteiger charge is -1.98. The average Bonchev–Trinajstić information content (AvgIpc) is 3.41. The molecular weight excluding hydrogens is 450 g/mol. The zero-order chi connectivity index (χ0) is 20.0. The molecule has 0 aliphatic rings. The Morgan fingerprint density at radius 3 is 2.62 bits per heavy atom. The van der Waals surface area contributed by atoms with Crippen molar-refractivity contribution in [3.05, 3.63) is 91.3 Å². The first-order valence-corrected chi connectivity index (χ1v) is 10.5. The van der Waals surface area contributed by atoms with Gasteiger partial charge in [0.05, 0.1) is 0 Å². The summed E-state index contributed by atoms with van der Waals surface area (Å²) in [6.07, 6.45) is 1.74. The lowest BCUT2D eigenvalue weighted by Crippen LogP contribution is -2.23. The number of benzene rings is 2. The first kappa shape index (κ1) is 18.0. The van der Waals surface area contributed by atoms with E-state index in [-0.39, 0.29) is 5.56 Å². The van der Waals surface area contributed by atoms with Gasteiger partial charge < -0.3 is 4.42 Å². The second-order valence-electron chi connectivity index (χ2n) is 6.57. The maximum atomic E-state index is 12.8. The Hall–Kier alpha value is -3.03. The minimum Gasteiger partial charge on any atom is -0.457 e. The fourth-order valence-electron chi connectivity index (χ4n) is 3.10. The summed E-state index contributed by atoms with van der Waals surface area (Å²) in [6, 6.07) is 19.5. The van der Waals surface area contributed by atoms with Gasteiger partial charge in [-0.05, 0) is 36.8 Å². The highest BCUT2D eigenvalue weighted by Gasteiger charge is 2.13. The van der Waals surface area contributed by atoms with Gasteiger partial charge in [-0.25, -0.2) is 0 Å². The number of aromatic nitrogens is 3. The van der Waals surface area contributed by atoms with Crippen LogP contribution in [0.1, 0.15) is 11.3 Å². The van der Waals surface area contributed by atoms with Gasteiger partial charge in [0.1, 0.15) is 16.1 Å². The lowest BCUT2D eigenvalue weighted by atomic mass is 10.1. The van der Waals surface area contributed by atoms with E-state index in [1.54, 1.807) is 6.08 Å². The number of fused-ring (bicyclic) bond motifs is 1. The fourth-order valence-corrected chi connectivity index (χ4v) is 4.25. The number of rotatable bonds is 3. The molecule has 142 valence electrons. The van der Waals surface area contributed by atoms with Gasteiger partial charge in [0.2, 0.25) is 4.96 Å². The average molecular weight is 464 g/mol. The molecule has 0 amide bonds. The summed E-state index contributed by atoms with van der Waals surface area (Å²) in [4.78, 5) is 17.9. The van der Waals surface area contributed by atoms with Crippen LogP contribution < -0.4 is 10.1 Å². The quantitative estimate of drug-likeness (QED) is 0.389. The summed E-state index contributed by atoms with van der Waals surface area (Å²) >= 11 is 4.73. The molecule has 0 spiro atoms. The van der Waals surface area contributed by atoms with E-state index in [2.05, 4.69) is 26.0 Å². The minimum absolute atomic E-state index is 0.195. The monoisotopic (exact) mass is 463 g/mol. The Balaban J connectivity index is 1.53. The standard InChI is InChI=1S/C22H14BrN3O2S/c1-13-4-2-3-5-17(13)20-24-22-26(25-20)21(27)19(29-22)12-16-10-11-18(28-16)14-6-8-15(23)9-7-14/h2-12H,1H3. The number of hydrogen-bond donors (Lipinski definition) is 0. The van der Waals surface area contributed by atoms with Crippen LogP contribution in [0.25, 0.3) is 33.7 Å². The van der Waals surface area contributed by atoms with Crippen molar-refractivity contribution < 1.29 is 4.42 Å². The summed E-state index contributed by atoms with van der Waals surface area (Å²) in [5, 5.41) is 4.42. The van der Waals surface area contributed by atoms with Gasteiger partial charge in [0.15, 0.2) is 5.82 Å². The third-order valence-electron chi connectivity index (χ3n) is 4.60. The van der Waals surface area contributed by atoms with Crippen LogP contribution in [0, 0.1) is 6.92 Å². The largest absolute Gasteiger partial charge is 0.457 e. The maximum Gasteiger partial charge on any atom is 0.291 e. The Morgan fingerprint density at radius 1 is 1.07 bits per heavy atom. The lowest BCUT2D eigenvalue weighted by molar-refractivity contribution is 0.571. The van der Waals surface area contributed by atoms with Crippen LogP contribution in [0.3, 0.4) is 0 Å². The zero-order valence-electron chi connectivity index (χ0n) is 15.3. The van der Waals surface area contributed by atoms with Crippen LogP contribution in [-0.4, -0.2) is 14.6 Å². The van der Waals surface area contributed by atoms with Gasteiger partial charge in [0.25, 0.3) is 5.56 Å². The Morgan fingerprint density at radius 2 is 1.86 bits per heavy atom. The van der Waals surface area contributed by atoms with E-state index in [1.807, 2.05) is 67.6 Å². The van der Waals surface area contributed by atoms with E-state index >= 15 is 0 Å². The highest BCUT2D eigenvalue weighted by atomic mass is 79.9. The summed E-state index contributed by atoms with van der Waals surface area (Å²) in [5.74, 6) is 1.93. The molecule has 3 heterocycles. The molecular formula is C22H14BrN3O2S. The molecule has 0 aliphatic heterocycles. The molecule has 7 heteroatoms. The first-order valence-electron chi connectivity index (χ1n) is 8.91. The molecule has 29 heavy (non-hydrogen) atoms. The topological polar surface area (TPSA) is 60.4 Å². The van der Waals surface area contributed by atoms with E-state index < -0.39 is 0 Å². The minimum atomic E-state index is -0.195. The molecule has 0 N–H and O–H groups in total. The van der Waals surface area contributed by atoms with Crippen molar-refractivity contribution in [3.8, 4) is 22.7 Å². The third kappa shape index (κ3) is 3.32. The molecule has 5 aromatic rings. The second kappa shape index (κ2) is 7.09. The highest BCUT2D eigenvalue weighted by Crippen LogP contribution is 2.24. The number of nitrogens with zero attached hydrogens (tertiary/aromatic N) is 3. The number of aryl methyl sites for hydroxylation is 1. The molecule has 3 aromatic heterocycles. The molecule has 2 aromatic carbocycles. The summed E-state index contributed by atoms with van der Waals surface area (Å²) in [5.41, 5.74) is 2.78. The molecule has 0 saturated heterocycles. The van der Waals surface area contributed by atoms with Gasteiger partial charge in [-0.2, -0.15) is 9.50 Å². The Kier molecular flexibility index (Phi) is 4.41. The van der Waals surface area contributed by atoms with Gasteiger partial charge >= 0.3 is 0 Å². The molecule has 0 fully saturated rings. The summed E-state index contributed by atoms with van der Waals surface area (Å²) in [7, 11) is 0. The predicted molar refractivity (Wildman–Crippen MR) is 118 cm³/mol. The van der Waals surface area contributed by atoms with E-state index in [4.69, 9.17) is 4.42 Å². The van der Waals surface area contributed by atoms with Crippen LogP contribution in [0.4, 0.5) is 0 Å². The maximum absolute atomic E-state index is 12.8. The molecule has 0 bridgehead atoms. The number of thiazole rings is 1. The number of furan rings is 1.